The highest BCUT2D eigenvalue weighted by molar-refractivity contribution is 6.50. The van der Waals surface area contributed by atoms with E-state index >= 15 is 0 Å². The quantitative estimate of drug-likeness (QED) is 0.203. The zero-order valence-electron chi connectivity index (χ0n) is 16.0. The third kappa shape index (κ3) is 4.00. The van der Waals surface area contributed by atoms with E-state index in [9.17, 15) is 23.6 Å². The molecule has 4 aromatic rings. The zero-order valence-corrected chi connectivity index (χ0v) is 17.5. The first-order valence-electron chi connectivity index (χ1n) is 9.06. The number of nitrogens with zero attached hydrogens (tertiary/aromatic N) is 3. The Kier molecular flexibility index (Phi) is 5.77. The summed E-state index contributed by atoms with van der Waals surface area (Å²) in [5.41, 5.74) is -0.0970. The van der Waals surface area contributed by atoms with E-state index in [2.05, 4.69) is 10.3 Å². The molecule has 1 N–H and O–H groups in total. The molecular weight excluding hydrogens is 465 g/mol. The van der Waals surface area contributed by atoms with Crippen molar-refractivity contribution < 1.29 is 23.1 Å². The van der Waals surface area contributed by atoms with E-state index in [-0.39, 0.29) is 39.1 Å². The lowest BCUT2D eigenvalue weighted by Gasteiger charge is -2.08. The van der Waals surface area contributed by atoms with E-state index in [4.69, 9.17) is 23.2 Å². The van der Waals surface area contributed by atoms with Crippen LogP contribution in [0.15, 0.2) is 55.1 Å². The van der Waals surface area contributed by atoms with Crippen LogP contribution in [0.25, 0.3) is 11.0 Å². The fraction of sp³-hybridized carbons (Fsp3) is 0.0476. The lowest BCUT2D eigenvalue weighted by atomic mass is 10.1. The molecule has 162 valence electrons. The third-order valence-corrected chi connectivity index (χ3v) is 5.25. The summed E-state index contributed by atoms with van der Waals surface area (Å²) >= 11 is 11.9. The molecule has 0 fully saturated rings. The predicted octanol–water partition coefficient (Wildman–Crippen LogP) is 4.12. The maximum Gasteiger partial charge on any atom is 0.296 e. The topological polar surface area (TPSA) is 90.9 Å². The Morgan fingerprint density at radius 2 is 1.75 bits per heavy atom. The molecule has 0 spiro atoms. The molecule has 3 aromatic heterocycles. The van der Waals surface area contributed by atoms with Crippen LogP contribution in [0.3, 0.4) is 0 Å². The number of benzene rings is 1. The smallest absolute Gasteiger partial charge is 0.296 e. The number of aromatic nitrogens is 3. The van der Waals surface area contributed by atoms with Crippen LogP contribution in [0.5, 0.6) is 0 Å². The van der Waals surface area contributed by atoms with Gasteiger partial charge in [0.2, 0.25) is 12.4 Å². The van der Waals surface area contributed by atoms with Crippen molar-refractivity contribution in [3.05, 3.63) is 93.1 Å². The van der Waals surface area contributed by atoms with E-state index < -0.39 is 23.3 Å². The molecule has 0 aliphatic heterocycles. The number of rotatable bonds is 5. The number of fused-ring (bicyclic) bond motifs is 1. The molecule has 0 bridgehead atoms. The molecule has 0 aliphatic rings. The minimum absolute atomic E-state index is 0.0376. The second-order valence-corrected chi connectivity index (χ2v) is 7.53. The first-order chi connectivity index (χ1) is 15.3. The van der Waals surface area contributed by atoms with Gasteiger partial charge in [0.1, 0.15) is 27.3 Å². The molecule has 11 heteroatoms. The molecule has 32 heavy (non-hydrogen) atoms. The standard InChI is InChI=1S/C21H12Cl2F2N4O3/c22-14-9-29(32)10-15(23)18(14)27-21(31)19(30)12-7-28(20-11(12)3-2-6-26-20)8-13-16(24)4-1-5-17(13)25/h1-7,9-10H,8H2,(H,27,31). The summed E-state index contributed by atoms with van der Waals surface area (Å²) < 4.78 is 30.0. The van der Waals surface area contributed by atoms with Crippen LogP contribution in [-0.2, 0) is 11.3 Å². The maximum atomic E-state index is 14.1. The van der Waals surface area contributed by atoms with Crippen LogP contribution >= 0.6 is 23.2 Å². The van der Waals surface area contributed by atoms with Crippen molar-refractivity contribution in [3.63, 3.8) is 0 Å². The Balaban J connectivity index is 1.70. The van der Waals surface area contributed by atoms with Crippen molar-refractivity contribution in [3.8, 4) is 0 Å². The van der Waals surface area contributed by atoms with Crippen molar-refractivity contribution in [2.75, 3.05) is 5.32 Å². The second-order valence-electron chi connectivity index (χ2n) is 6.72. The molecule has 0 unspecified atom stereocenters. The molecule has 4 rings (SSSR count). The van der Waals surface area contributed by atoms with Crippen molar-refractivity contribution in [1.82, 2.24) is 9.55 Å². The first kappa shape index (κ1) is 21.7. The molecule has 3 heterocycles. The van der Waals surface area contributed by atoms with Crippen LogP contribution in [0, 0.1) is 16.8 Å². The summed E-state index contributed by atoms with van der Waals surface area (Å²) in [6.45, 7) is -0.249. The number of hydrogen-bond acceptors (Lipinski definition) is 4. The molecule has 0 saturated carbocycles. The minimum Gasteiger partial charge on any atom is -0.619 e. The van der Waals surface area contributed by atoms with Crippen LogP contribution < -0.4 is 10.0 Å². The maximum absolute atomic E-state index is 14.1. The van der Waals surface area contributed by atoms with E-state index in [1.54, 1.807) is 12.1 Å². The van der Waals surface area contributed by atoms with Gasteiger partial charge in [0.15, 0.2) is 0 Å². The Bertz CT molecular complexity index is 1350. The fourth-order valence-corrected chi connectivity index (χ4v) is 3.73. The highest BCUT2D eigenvalue weighted by Crippen LogP contribution is 2.29. The lowest BCUT2D eigenvalue weighted by molar-refractivity contribution is -0.605. The Morgan fingerprint density at radius 1 is 1.09 bits per heavy atom. The minimum atomic E-state index is -1.07. The lowest BCUT2D eigenvalue weighted by Crippen LogP contribution is -2.27. The zero-order chi connectivity index (χ0) is 23.0. The summed E-state index contributed by atoms with van der Waals surface area (Å²) in [6, 6.07) is 6.60. The number of Topliss-reactive ketones (excluding diaryl/α,β-unsaturated/α-hetero) is 1. The molecule has 0 saturated heterocycles. The number of halogens is 4. The summed E-state index contributed by atoms with van der Waals surface area (Å²) in [5.74, 6) is -3.53. The Hall–Kier alpha value is -3.56. The van der Waals surface area contributed by atoms with Gasteiger partial charge in [-0.2, -0.15) is 4.73 Å². The van der Waals surface area contributed by atoms with Gasteiger partial charge in [-0.15, -0.1) is 0 Å². The number of amides is 1. The molecular formula is C21H12Cl2F2N4O3. The number of carbonyl (C=O) groups is 2. The van der Waals surface area contributed by atoms with Crippen molar-refractivity contribution in [1.29, 1.82) is 0 Å². The first-order valence-corrected chi connectivity index (χ1v) is 9.82. The molecule has 0 radical (unpaired) electrons. The monoisotopic (exact) mass is 476 g/mol. The Labute approximate surface area is 189 Å². The van der Waals surface area contributed by atoms with Crippen LogP contribution in [0.2, 0.25) is 10.0 Å². The van der Waals surface area contributed by atoms with E-state index in [1.807, 2.05) is 0 Å². The third-order valence-electron chi connectivity index (χ3n) is 4.67. The van der Waals surface area contributed by atoms with Crippen LogP contribution in [0.4, 0.5) is 14.5 Å². The van der Waals surface area contributed by atoms with Gasteiger partial charge in [-0.3, -0.25) is 9.59 Å². The van der Waals surface area contributed by atoms with E-state index in [0.29, 0.717) is 10.1 Å². The van der Waals surface area contributed by atoms with Gasteiger partial charge in [-0.1, -0.05) is 29.3 Å². The number of nitrogens with one attached hydrogen (secondary N) is 1. The van der Waals surface area contributed by atoms with Gasteiger partial charge < -0.3 is 15.1 Å². The number of carbonyl (C=O) groups excluding carboxylic acids is 2. The summed E-state index contributed by atoms with van der Waals surface area (Å²) in [5, 5.41) is 13.6. The number of hydrogen-bond donors (Lipinski definition) is 1. The average molecular weight is 477 g/mol. The molecule has 1 aromatic carbocycles. The number of ketones is 1. The SMILES string of the molecule is O=C(Nc1c(Cl)c[n+]([O-])cc1Cl)C(=O)c1cn(Cc2c(F)cccc2F)c2ncccc12. The molecule has 1 amide bonds. The van der Waals surface area contributed by atoms with Crippen molar-refractivity contribution in [2.45, 2.75) is 6.54 Å². The van der Waals surface area contributed by atoms with E-state index in [1.165, 1.54) is 23.0 Å². The van der Waals surface area contributed by atoms with Gasteiger partial charge in [-0.05, 0) is 24.3 Å². The predicted molar refractivity (Wildman–Crippen MR) is 114 cm³/mol. The van der Waals surface area contributed by atoms with Crippen molar-refractivity contribution in [2.24, 2.45) is 0 Å². The summed E-state index contributed by atoms with van der Waals surface area (Å²) in [7, 11) is 0. The summed E-state index contributed by atoms with van der Waals surface area (Å²) in [4.78, 5) is 29.7. The highest BCUT2D eigenvalue weighted by atomic mass is 35.5. The normalized spacial score (nSPS) is 11.0. The number of anilines is 1. The Morgan fingerprint density at radius 3 is 2.41 bits per heavy atom. The largest absolute Gasteiger partial charge is 0.619 e. The van der Waals surface area contributed by atoms with Gasteiger partial charge in [0.05, 0.1) is 17.8 Å². The van der Waals surface area contributed by atoms with Gasteiger partial charge in [0, 0.05) is 23.3 Å². The second kappa shape index (κ2) is 8.52. The highest BCUT2D eigenvalue weighted by Gasteiger charge is 2.25. The van der Waals surface area contributed by atoms with Gasteiger partial charge in [0.25, 0.3) is 11.7 Å². The fourth-order valence-electron chi connectivity index (χ4n) is 3.19. The van der Waals surface area contributed by atoms with Crippen molar-refractivity contribution >= 4 is 51.6 Å². The van der Waals surface area contributed by atoms with Crippen LogP contribution in [0.1, 0.15) is 15.9 Å². The molecule has 7 nitrogen and oxygen atoms in total. The van der Waals surface area contributed by atoms with Gasteiger partial charge >= 0.3 is 0 Å². The average Bonchev–Trinajstić information content (AvgIpc) is 3.11. The molecule has 0 atom stereocenters. The molecule has 0 aliphatic carbocycles. The number of pyridine rings is 2. The van der Waals surface area contributed by atoms with E-state index in [0.717, 1.165) is 24.5 Å². The van der Waals surface area contributed by atoms with Gasteiger partial charge in [-0.25, -0.2) is 13.8 Å². The summed E-state index contributed by atoms with van der Waals surface area (Å²) in [6.07, 6.45) is 4.68. The van der Waals surface area contributed by atoms with Crippen LogP contribution in [-0.4, -0.2) is 21.2 Å².